The molecule has 3 rings (SSSR count). The van der Waals surface area contributed by atoms with Crippen LogP contribution >= 0.6 is 0 Å². The first-order chi connectivity index (χ1) is 13.4. The van der Waals surface area contributed by atoms with Crippen molar-refractivity contribution in [3.8, 4) is 0 Å². The van der Waals surface area contributed by atoms with Gasteiger partial charge in [-0.2, -0.15) is 5.10 Å². The number of carbonyl (C=O) groups is 2. The third kappa shape index (κ3) is 4.26. The molecule has 1 fully saturated rings. The fraction of sp³-hybridized carbons (Fsp3) is 0.500. The summed E-state index contributed by atoms with van der Waals surface area (Å²) in [5.74, 6) is 0.330. The molecule has 1 aliphatic heterocycles. The molecule has 2 amide bonds. The molecule has 150 valence electrons. The Balaban J connectivity index is 1.80. The number of amides is 2. The van der Waals surface area contributed by atoms with Gasteiger partial charge in [-0.15, -0.1) is 0 Å². The number of rotatable bonds is 5. The number of benzene rings is 1. The normalized spacial score (nSPS) is 17.9. The maximum absolute atomic E-state index is 13.2. The number of aryl methyl sites for hydroxylation is 1. The van der Waals surface area contributed by atoms with Crippen LogP contribution in [0.4, 0.5) is 0 Å². The number of nitrogens with zero attached hydrogens (tertiary/aromatic N) is 4. The first-order valence-corrected chi connectivity index (χ1v) is 10.1. The molecule has 1 aromatic carbocycles. The predicted octanol–water partition coefficient (Wildman–Crippen LogP) is 3.20. The van der Waals surface area contributed by atoms with Gasteiger partial charge in [0.1, 0.15) is 5.69 Å². The molecule has 28 heavy (non-hydrogen) atoms. The van der Waals surface area contributed by atoms with E-state index in [0.29, 0.717) is 31.7 Å². The number of hydrogen-bond acceptors (Lipinski definition) is 3. The second kappa shape index (κ2) is 8.59. The van der Waals surface area contributed by atoms with Crippen LogP contribution in [0.1, 0.15) is 61.3 Å². The molecule has 1 unspecified atom stereocenters. The molecule has 1 aromatic heterocycles. The number of carbonyl (C=O) groups excluding carboxylic acids is 2. The van der Waals surface area contributed by atoms with E-state index in [0.717, 1.165) is 17.7 Å². The van der Waals surface area contributed by atoms with Crippen molar-refractivity contribution in [3.63, 3.8) is 0 Å². The summed E-state index contributed by atoms with van der Waals surface area (Å²) < 4.78 is 1.66. The molecule has 0 aliphatic carbocycles. The van der Waals surface area contributed by atoms with Crippen LogP contribution < -0.4 is 0 Å². The second-order valence-electron chi connectivity index (χ2n) is 7.80. The van der Waals surface area contributed by atoms with Crippen LogP contribution in [0.5, 0.6) is 0 Å². The van der Waals surface area contributed by atoms with Gasteiger partial charge in [-0.25, -0.2) is 0 Å². The Morgan fingerprint density at radius 1 is 1.25 bits per heavy atom. The van der Waals surface area contributed by atoms with Gasteiger partial charge in [-0.1, -0.05) is 51.1 Å². The Morgan fingerprint density at radius 3 is 2.57 bits per heavy atom. The average molecular weight is 383 g/mol. The molecule has 1 atom stereocenters. The van der Waals surface area contributed by atoms with Crippen molar-refractivity contribution < 1.29 is 9.59 Å². The van der Waals surface area contributed by atoms with Crippen LogP contribution in [0, 0.1) is 0 Å². The van der Waals surface area contributed by atoms with Crippen molar-refractivity contribution in [1.29, 1.82) is 0 Å². The van der Waals surface area contributed by atoms with Crippen LogP contribution in [0.2, 0.25) is 0 Å². The fourth-order valence-electron chi connectivity index (χ4n) is 3.69. The minimum absolute atomic E-state index is 0.0111. The summed E-state index contributed by atoms with van der Waals surface area (Å²) in [6.07, 6.45) is 1.16. The highest BCUT2D eigenvalue weighted by molar-refractivity contribution is 5.93. The molecule has 0 saturated carbocycles. The smallest absolute Gasteiger partial charge is 0.272 e. The maximum Gasteiger partial charge on any atom is 0.272 e. The van der Waals surface area contributed by atoms with E-state index in [1.165, 1.54) is 0 Å². The van der Waals surface area contributed by atoms with E-state index in [9.17, 15) is 9.59 Å². The first-order valence-electron chi connectivity index (χ1n) is 10.1. The van der Waals surface area contributed by atoms with Crippen molar-refractivity contribution in [2.24, 2.45) is 7.05 Å². The summed E-state index contributed by atoms with van der Waals surface area (Å²) >= 11 is 0. The zero-order valence-corrected chi connectivity index (χ0v) is 17.3. The molecule has 0 bridgehead atoms. The Morgan fingerprint density at radius 2 is 1.96 bits per heavy atom. The summed E-state index contributed by atoms with van der Waals surface area (Å²) in [4.78, 5) is 29.8. The van der Waals surface area contributed by atoms with E-state index in [-0.39, 0.29) is 23.8 Å². The van der Waals surface area contributed by atoms with Gasteiger partial charge < -0.3 is 9.80 Å². The van der Waals surface area contributed by atoms with Crippen LogP contribution in [0.3, 0.4) is 0 Å². The Labute approximate surface area is 167 Å². The monoisotopic (exact) mass is 382 g/mol. The van der Waals surface area contributed by atoms with Gasteiger partial charge in [0.15, 0.2) is 0 Å². The fourth-order valence-corrected chi connectivity index (χ4v) is 3.69. The van der Waals surface area contributed by atoms with Gasteiger partial charge in [0, 0.05) is 39.1 Å². The summed E-state index contributed by atoms with van der Waals surface area (Å²) in [6, 6.07) is 11.9. The predicted molar refractivity (Wildman–Crippen MR) is 109 cm³/mol. The molecular weight excluding hydrogens is 352 g/mol. The van der Waals surface area contributed by atoms with Crippen LogP contribution in [-0.4, -0.2) is 50.5 Å². The number of hydrogen-bond donors (Lipinski definition) is 0. The van der Waals surface area contributed by atoms with Crippen molar-refractivity contribution in [1.82, 2.24) is 19.6 Å². The molecule has 2 aromatic rings. The lowest BCUT2D eigenvalue weighted by Crippen LogP contribution is -2.44. The van der Waals surface area contributed by atoms with Crippen molar-refractivity contribution in [2.75, 3.05) is 13.1 Å². The van der Waals surface area contributed by atoms with E-state index < -0.39 is 0 Å². The van der Waals surface area contributed by atoms with E-state index in [1.54, 1.807) is 11.7 Å². The second-order valence-corrected chi connectivity index (χ2v) is 7.80. The summed E-state index contributed by atoms with van der Waals surface area (Å²) in [5, 5.41) is 4.47. The average Bonchev–Trinajstić information content (AvgIpc) is 3.01. The lowest BCUT2D eigenvalue weighted by atomic mass is 10.1. The third-order valence-electron chi connectivity index (χ3n) is 5.45. The van der Waals surface area contributed by atoms with Crippen molar-refractivity contribution in [3.05, 3.63) is 53.3 Å². The molecule has 6 nitrogen and oxygen atoms in total. The lowest BCUT2D eigenvalue weighted by Gasteiger charge is -2.31. The van der Waals surface area contributed by atoms with Gasteiger partial charge in [-0.3, -0.25) is 14.3 Å². The molecule has 1 aliphatic rings. The van der Waals surface area contributed by atoms with Crippen LogP contribution in [0.15, 0.2) is 36.4 Å². The molecule has 0 spiro atoms. The van der Waals surface area contributed by atoms with Gasteiger partial charge in [0.05, 0.1) is 5.69 Å². The first kappa shape index (κ1) is 20.1. The Hall–Kier alpha value is -2.63. The summed E-state index contributed by atoms with van der Waals surface area (Å²) in [7, 11) is 1.81. The maximum atomic E-state index is 13.2. The quantitative estimate of drug-likeness (QED) is 0.798. The minimum Gasteiger partial charge on any atom is -0.335 e. The highest BCUT2D eigenvalue weighted by Gasteiger charge is 2.32. The van der Waals surface area contributed by atoms with Crippen molar-refractivity contribution >= 4 is 11.8 Å². The highest BCUT2D eigenvalue weighted by Crippen LogP contribution is 2.21. The van der Waals surface area contributed by atoms with Crippen LogP contribution in [0.25, 0.3) is 0 Å². The van der Waals surface area contributed by atoms with Crippen LogP contribution in [-0.2, 0) is 18.4 Å². The number of aromatic nitrogens is 2. The standard InChI is InChI=1S/C22H30N4O2/c1-5-18-15-25(22(28)20-13-19(16(2)3)23-24(20)4)12-11-21(27)26(18)14-17-9-7-6-8-10-17/h6-10,13,16,18H,5,11-12,14-15H2,1-4H3. The van der Waals surface area contributed by atoms with E-state index in [4.69, 9.17) is 0 Å². The van der Waals surface area contributed by atoms with Gasteiger partial charge in [0.2, 0.25) is 5.91 Å². The zero-order chi connectivity index (χ0) is 20.3. The van der Waals surface area contributed by atoms with Gasteiger partial charge in [-0.05, 0) is 24.0 Å². The lowest BCUT2D eigenvalue weighted by molar-refractivity contribution is -0.133. The highest BCUT2D eigenvalue weighted by atomic mass is 16.2. The molecular formula is C22H30N4O2. The SMILES string of the molecule is CCC1CN(C(=O)c2cc(C(C)C)nn2C)CCC(=O)N1Cc1ccccc1. The van der Waals surface area contributed by atoms with E-state index >= 15 is 0 Å². The Bertz CT molecular complexity index is 828. The molecule has 0 N–H and O–H groups in total. The minimum atomic E-state index is -0.0466. The van der Waals surface area contributed by atoms with Gasteiger partial charge >= 0.3 is 0 Å². The van der Waals surface area contributed by atoms with Gasteiger partial charge in [0.25, 0.3) is 5.91 Å². The molecule has 0 radical (unpaired) electrons. The third-order valence-corrected chi connectivity index (χ3v) is 5.45. The summed E-state index contributed by atoms with van der Waals surface area (Å²) in [6.45, 7) is 7.79. The zero-order valence-electron chi connectivity index (χ0n) is 17.3. The van der Waals surface area contributed by atoms with Crippen molar-refractivity contribution in [2.45, 2.75) is 52.1 Å². The van der Waals surface area contributed by atoms with E-state index in [2.05, 4.69) is 25.9 Å². The molecule has 1 saturated heterocycles. The van der Waals surface area contributed by atoms with E-state index in [1.807, 2.05) is 46.2 Å². The molecule has 6 heteroatoms. The summed E-state index contributed by atoms with van der Waals surface area (Å²) in [5.41, 5.74) is 2.61. The molecule has 2 heterocycles. The Kier molecular flexibility index (Phi) is 6.17. The topological polar surface area (TPSA) is 58.4 Å². The largest absolute Gasteiger partial charge is 0.335 e.